The van der Waals surface area contributed by atoms with Crippen molar-refractivity contribution in [2.24, 2.45) is 0 Å². The zero-order valence-electron chi connectivity index (χ0n) is 9.94. The quantitative estimate of drug-likeness (QED) is 0.873. The average molecular weight is 299 g/mol. The second-order valence-electron chi connectivity index (χ2n) is 3.26. The van der Waals surface area contributed by atoms with Gasteiger partial charge in [-0.3, -0.25) is 0 Å². The summed E-state index contributed by atoms with van der Waals surface area (Å²) in [5.74, 6) is -0.101. The highest BCUT2D eigenvalue weighted by molar-refractivity contribution is 9.10. The number of hydrogen-bond donors (Lipinski definition) is 0. The molecular formula is C11H9BrFN3O. The van der Waals surface area contributed by atoms with Crippen molar-refractivity contribution >= 4 is 15.9 Å². The summed E-state index contributed by atoms with van der Waals surface area (Å²) in [7, 11) is 1.47. The van der Waals surface area contributed by atoms with Crippen LogP contribution >= 0.6 is 15.9 Å². The van der Waals surface area contributed by atoms with Gasteiger partial charge in [-0.2, -0.15) is 0 Å². The topological polar surface area (TPSA) is 47.9 Å². The van der Waals surface area contributed by atoms with Crippen LogP contribution in [-0.4, -0.2) is 22.1 Å². The van der Waals surface area contributed by atoms with Crippen LogP contribution in [0, 0.1) is 5.82 Å². The molecule has 0 radical (unpaired) electrons. The van der Waals surface area contributed by atoms with E-state index < -0.39 is 5.82 Å². The number of methoxy groups -OCH3 is 1. The molecular weight excluding hydrogens is 289 g/mol. The van der Waals surface area contributed by atoms with Crippen LogP contribution in [0.5, 0.6) is 5.88 Å². The molecule has 0 saturated heterocycles. The van der Waals surface area contributed by atoms with Crippen molar-refractivity contribution in [3.8, 4) is 5.88 Å². The first kappa shape index (κ1) is 10.6. The maximum absolute atomic E-state index is 13.2. The minimum Gasteiger partial charge on any atom is -0.481 e. The van der Waals surface area contributed by atoms with Crippen molar-refractivity contribution < 1.29 is 10.5 Å². The number of hydrogen-bond acceptors (Lipinski definition) is 4. The lowest BCUT2D eigenvalue weighted by Gasteiger charge is -2.07. The van der Waals surface area contributed by atoms with E-state index in [0.29, 0.717) is 28.0 Å². The highest BCUT2D eigenvalue weighted by atomic mass is 79.9. The van der Waals surface area contributed by atoms with Gasteiger partial charge in [0.15, 0.2) is 0 Å². The fourth-order valence-electron chi connectivity index (χ4n) is 1.39. The lowest BCUT2D eigenvalue weighted by atomic mass is 10.1. The zero-order chi connectivity index (χ0) is 13.1. The monoisotopic (exact) mass is 298 g/mol. The van der Waals surface area contributed by atoms with E-state index in [1.54, 1.807) is 0 Å². The molecule has 2 aromatic heterocycles. The van der Waals surface area contributed by atoms with E-state index in [4.69, 9.17) is 6.11 Å². The first-order valence-corrected chi connectivity index (χ1v) is 5.56. The Morgan fingerprint density at radius 2 is 2.29 bits per heavy atom. The van der Waals surface area contributed by atoms with Gasteiger partial charge in [0.1, 0.15) is 13.5 Å². The Labute approximate surface area is 107 Å². The largest absolute Gasteiger partial charge is 0.481 e. The van der Waals surface area contributed by atoms with Crippen LogP contribution in [0.4, 0.5) is 4.39 Å². The molecule has 6 heteroatoms. The Bertz CT molecular complexity index is 582. The van der Waals surface area contributed by atoms with E-state index in [1.807, 2.05) is 0 Å². The molecule has 0 aliphatic carbocycles. The molecule has 2 aromatic rings. The lowest BCUT2D eigenvalue weighted by molar-refractivity contribution is 0.391. The predicted octanol–water partition coefficient (Wildman–Crippen LogP) is 2.37. The molecule has 0 saturated carbocycles. The maximum atomic E-state index is 13.2. The molecule has 0 amide bonds. The predicted molar refractivity (Wildman–Crippen MR) is 63.3 cm³/mol. The first-order chi connectivity index (χ1) is 8.60. The third-order valence-electron chi connectivity index (χ3n) is 2.14. The molecule has 0 atom stereocenters. The van der Waals surface area contributed by atoms with E-state index in [0.717, 1.165) is 6.20 Å². The Morgan fingerprint density at radius 3 is 3.06 bits per heavy atom. The standard InChI is InChI=1S/C11H9BrFN3O/c1-17-11-7(2-8(13)4-15-11)3-10-9(12)5-14-6-16-10/h2,4-6H,3H2,1H3/i6D. The average Bonchev–Trinajstić information content (AvgIpc) is 2.34. The van der Waals surface area contributed by atoms with Crippen molar-refractivity contribution in [2.45, 2.75) is 6.42 Å². The third-order valence-corrected chi connectivity index (χ3v) is 2.80. The minimum absolute atomic E-state index is 0.0865. The normalized spacial score (nSPS) is 11.1. The third kappa shape index (κ3) is 2.76. The molecule has 0 bridgehead atoms. The lowest BCUT2D eigenvalue weighted by Crippen LogP contribution is -2.00. The molecule has 0 aliphatic heterocycles. The smallest absolute Gasteiger partial charge is 0.216 e. The van der Waals surface area contributed by atoms with Crippen LogP contribution in [0.2, 0.25) is 0 Å². The summed E-state index contributed by atoms with van der Waals surface area (Å²) in [5.41, 5.74) is 1.15. The van der Waals surface area contributed by atoms with Gasteiger partial charge in [0.25, 0.3) is 0 Å². The van der Waals surface area contributed by atoms with E-state index >= 15 is 0 Å². The summed E-state index contributed by atoms with van der Waals surface area (Å²) in [5, 5.41) is 0. The van der Waals surface area contributed by atoms with E-state index in [9.17, 15) is 4.39 Å². The van der Waals surface area contributed by atoms with Gasteiger partial charge in [-0.15, -0.1) is 0 Å². The van der Waals surface area contributed by atoms with Gasteiger partial charge in [0, 0.05) is 18.2 Å². The number of rotatable bonds is 3. The van der Waals surface area contributed by atoms with Crippen molar-refractivity contribution in [1.82, 2.24) is 15.0 Å². The molecule has 0 aromatic carbocycles. The summed E-state index contributed by atoms with van der Waals surface area (Å²) in [6.45, 7) is 0. The highest BCUT2D eigenvalue weighted by Gasteiger charge is 2.10. The Morgan fingerprint density at radius 1 is 1.47 bits per heavy atom. The number of nitrogens with zero attached hydrogens (tertiary/aromatic N) is 3. The van der Waals surface area contributed by atoms with E-state index in [1.165, 1.54) is 19.4 Å². The number of pyridine rings is 1. The van der Waals surface area contributed by atoms with E-state index in [2.05, 4.69) is 30.9 Å². The molecule has 2 heterocycles. The Hall–Kier alpha value is -1.56. The number of halogens is 2. The molecule has 2 rings (SSSR count). The molecule has 17 heavy (non-hydrogen) atoms. The summed E-state index contributed by atoms with van der Waals surface area (Å²) >= 11 is 3.29. The molecule has 0 N–H and O–H groups in total. The Balaban J connectivity index is 2.38. The zero-order valence-corrected chi connectivity index (χ0v) is 10.5. The summed E-state index contributed by atoms with van der Waals surface area (Å²) in [6, 6.07) is 1.34. The summed E-state index contributed by atoms with van der Waals surface area (Å²) in [4.78, 5) is 11.5. The van der Waals surface area contributed by atoms with Gasteiger partial charge in [0.05, 0.1) is 23.5 Å². The molecule has 88 valence electrons. The van der Waals surface area contributed by atoms with Crippen LogP contribution in [0.3, 0.4) is 0 Å². The van der Waals surface area contributed by atoms with Gasteiger partial charge in [-0.25, -0.2) is 19.3 Å². The van der Waals surface area contributed by atoms with E-state index in [-0.39, 0.29) is 6.30 Å². The van der Waals surface area contributed by atoms with Crippen molar-refractivity contribution in [1.29, 1.82) is 0 Å². The van der Waals surface area contributed by atoms with Gasteiger partial charge in [-0.05, 0) is 22.0 Å². The first-order valence-electron chi connectivity index (χ1n) is 5.26. The van der Waals surface area contributed by atoms with Crippen LogP contribution < -0.4 is 4.74 Å². The van der Waals surface area contributed by atoms with Crippen LogP contribution in [-0.2, 0) is 6.42 Å². The van der Waals surface area contributed by atoms with Crippen LogP contribution in [0.1, 0.15) is 12.6 Å². The molecule has 0 fully saturated rings. The van der Waals surface area contributed by atoms with Crippen LogP contribution in [0.15, 0.2) is 29.2 Å². The van der Waals surface area contributed by atoms with Crippen LogP contribution in [0.25, 0.3) is 0 Å². The van der Waals surface area contributed by atoms with Gasteiger partial charge in [0.2, 0.25) is 5.88 Å². The molecule has 4 nitrogen and oxygen atoms in total. The summed E-state index contributed by atoms with van der Waals surface area (Å²) < 4.78 is 26.3. The van der Waals surface area contributed by atoms with Gasteiger partial charge in [-0.1, -0.05) is 0 Å². The second kappa shape index (κ2) is 5.18. The number of aromatic nitrogens is 3. The number of ether oxygens (including phenoxy) is 1. The minimum atomic E-state index is -0.443. The maximum Gasteiger partial charge on any atom is 0.216 e. The van der Waals surface area contributed by atoms with Crippen molar-refractivity contribution in [2.75, 3.05) is 7.11 Å². The molecule has 0 aliphatic rings. The molecule has 0 spiro atoms. The fraction of sp³-hybridized carbons (Fsp3) is 0.182. The van der Waals surface area contributed by atoms with Crippen molar-refractivity contribution in [3.63, 3.8) is 0 Å². The second-order valence-corrected chi connectivity index (χ2v) is 4.12. The molecule has 0 unspecified atom stereocenters. The van der Waals surface area contributed by atoms with Gasteiger partial charge >= 0.3 is 0 Å². The Kier molecular flexibility index (Phi) is 3.23. The summed E-state index contributed by atoms with van der Waals surface area (Å²) in [6.07, 6.45) is 2.80. The SMILES string of the molecule is [2H]c1ncc(Br)c(Cc2cc(F)cnc2OC)n1. The van der Waals surface area contributed by atoms with Gasteiger partial charge < -0.3 is 4.74 Å². The fourth-order valence-corrected chi connectivity index (χ4v) is 1.72. The highest BCUT2D eigenvalue weighted by Crippen LogP contribution is 2.22. The van der Waals surface area contributed by atoms with Crippen molar-refractivity contribution in [3.05, 3.63) is 46.3 Å².